The van der Waals surface area contributed by atoms with Gasteiger partial charge in [-0.05, 0) is 56.1 Å². The molecule has 3 N–H and O–H groups in total. The van der Waals surface area contributed by atoms with Gasteiger partial charge in [-0.1, -0.05) is 13.0 Å². The maximum atomic E-state index is 11.2. The number of nitrogens with zero attached hydrogens (tertiary/aromatic N) is 1. The maximum Gasteiger partial charge on any atom is 0.248 e. The highest BCUT2D eigenvalue weighted by atomic mass is 16.1. The Bertz CT molecular complexity index is 467. The van der Waals surface area contributed by atoms with E-state index in [9.17, 15) is 4.79 Å². The van der Waals surface area contributed by atoms with Crippen LogP contribution in [0, 0.1) is 6.92 Å². The number of nitrogens with one attached hydrogen (secondary N) is 1. The largest absolute Gasteiger partial charge is 0.366 e. The number of carbonyl (C=O) groups is 1. The lowest BCUT2D eigenvalue weighted by molar-refractivity contribution is 0.1000. The van der Waals surface area contributed by atoms with Gasteiger partial charge < -0.3 is 11.1 Å². The summed E-state index contributed by atoms with van der Waals surface area (Å²) in [7, 11) is 0. The van der Waals surface area contributed by atoms with Crippen molar-refractivity contribution in [2.45, 2.75) is 39.3 Å². The molecule has 1 aromatic rings. The summed E-state index contributed by atoms with van der Waals surface area (Å²) in [6, 6.07) is 6.40. The highest BCUT2D eigenvalue weighted by Crippen LogP contribution is 2.17. The summed E-state index contributed by atoms with van der Waals surface area (Å²) in [5.41, 5.74) is 8.35. The SMILES string of the molecule is CCCN(Cc1ccc(C(N)=O)cc1C)C1CCNC1. The Morgan fingerprint density at radius 1 is 1.50 bits per heavy atom. The lowest BCUT2D eigenvalue weighted by atomic mass is 10.0. The molecule has 110 valence electrons. The molecule has 1 saturated heterocycles. The molecule has 1 atom stereocenters. The quantitative estimate of drug-likeness (QED) is 0.830. The minimum Gasteiger partial charge on any atom is -0.366 e. The molecule has 1 aliphatic heterocycles. The van der Waals surface area contributed by atoms with Crippen LogP contribution in [0.2, 0.25) is 0 Å². The van der Waals surface area contributed by atoms with E-state index < -0.39 is 0 Å². The van der Waals surface area contributed by atoms with E-state index in [2.05, 4.69) is 24.1 Å². The van der Waals surface area contributed by atoms with Crippen LogP contribution < -0.4 is 11.1 Å². The summed E-state index contributed by atoms with van der Waals surface area (Å²) < 4.78 is 0. The first-order valence-electron chi connectivity index (χ1n) is 7.46. The van der Waals surface area contributed by atoms with Crippen LogP contribution in [-0.2, 0) is 6.54 Å². The molecule has 1 heterocycles. The van der Waals surface area contributed by atoms with Gasteiger partial charge in [-0.25, -0.2) is 0 Å². The molecule has 1 aromatic carbocycles. The van der Waals surface area contributed by atoms with Gasteiger partial charge in [-0.15, -0.1) is 0 Å². The van der Waals surface area contributed by atoms with Crippen molar-refractivity contribution < 1.29 is 4.79 Å². The third-order valence-electron chi connectivity index (χ3n) is 4.06. The summed E-state index contributed by atoms with van der Waals surface area (Å²) in [5.74, 6) is -0.356. The normalized spacial score (nSPS) is 18.6. The van der Waals surface area contributed by atoms with E-state index in [1.807, 2.05) is 18.2 Å². The number of aryl methyl sites for hydroxylation is 1. The fraction of sp³-hybridized carbons (Fsp3) is 0.562. The van der Waals surface area contributed by atoms with Gasteiger partial charge >= 0.3 is 0 Å². The second-order valence-electron chi connectivity index (χ2n) is 5.62. The summed E-state index contributed by atoms with van der Waals surface area (Å²) in [6.45, 7) is 8.54. The Balaban J connectivity index is 2.11. The standard InChI is InChI=1S/C16H25N3O/c1-3-8-19(15-6-7-18-10-15)11-14-5-4-13(16(17)20)9-12(14)2/h4-5,9,15,18H,3,6-8,10-11H2,1-2H3,(H2,17,20). The number of amides is 1. The maximum absolute atomic E-state index is 11.2. The van der Waals surface area contributed by atoms with Crippen LogP contribution in [0.4, 0.5) is 0 Å². The Morgan fingerprint density at radius 3 is 2.85 bits per heavy atom. The molecule has 4 nitrogen and oxygen atoms in total. The number of hydrogen-bond donors (Lipinski definition) is 2. The van der Waals surface area contributed by atoms with Crippen LogP contribution in [0.15, 0.2) is 18.2 Å². The van der Waals surface area contributed by atoms with Crippen molar-refractivity contribution in [3.63, 3.8) is 0 Å². The monoisotopic (exact) mass is 275 g/mol. The number of primary amides is 1. The van der Waals surface area contributed by atoms with Crippen LogP contribution in [0.1, 0.15) is 41.3 Å². The predicted octanol–water partition coefficient (Wildman–Crippen LogP) is 1.67. The first-order chi connectivity index (χ1) is 9.61. The average Bonchev–Trinajstić information content (AvgIpc) is 2.94. The van der Waals surface area contributed by atoms with Crippen LogP contribution >= 0.6 is 0 Å². The zero-order chi connectivity index (χ0) is 14.5. The Labute approximate surface area is 121 Å². The fourth-order valence-corrected chi connectivity index (χ4v) is 2.87. The van der Waals surface area contributed by atoms with Crippen molar-refractivity contribution in [2.75, 3.05) is 19.6 Å². The second-order valence-corrected chi connectivity index (χ2v) is 5.62. The lowest BCUT2D eigenvalue weighted by Gasteiger charge is -2.28. The molecule has 0 spiro atoms. The molecule has 1 unspecified atom stereocenters. The Hall–Kier alpha value is -1.39. The number of rotatable bonds is 6. The molecule has 0 bridgehead atoms. The number of hydrogen-bond acceptors (Lipinski definition) is 3. The number of benzene rings is 1. The van der Waals surface area contributed by atoms with Crippen molar-refractivity contribution in [2.24, 2.45) is 5.73 Å². The highest BCUT2D eigenvalue weighted by Gasteiger charge is 2.22. The van der Waals surface area contributed by atoms with Gasteiger partial charge in [0.1, 0.15) is 0 Å². The van der Waals surface area contributed by atoms with Gasteiger partial charge in [0.05, 0.1) is 0 Å². The van der Waals surface area contributed by atoms with E-state index in [-0.39, 0.29) is 5.91 Å². The van der Waals surface area contributed by atoms with Crippen molar-refractivity contribution in [1.29, 1.82) is 0 Å². The third-order valence-corrected chi connectivity index (χ3v) is 4.06. The van der Waals surface area contributed by atoms with Gasteiger partial charge in [0, 0.05) is 24.7 Å². The van der Waals surface area contributed by atoms with Gasteiger partial charge in [0.2, 0.25) is 5.91 Å². The average molecular weight is 275 g/mol. The first-order valence-corrected chi connectivity index (χ1v) is 7.46. The predicted molar refractivity (Wildman–Crippen MR) is 81.7 cm³/mol. The van der Waals surface area contributed by atoms with Gasteiger partial charge in [-0.2, -0.15) is 0 Å². The van der Waals surface area contributed by atoms with E-state index in [0.29, 0.717) is 11.6 Å². The molecule has 1 fully saturated rings. The molecule has 0 aliphatic carbocycles. The van der Waals surface area contributed by atoms with Crippen LogP contribution in [-0.4, -0.2) is 36.5 Å². The van der Waals surface area contributed by atoms with Crippen molar-refractivity contribution in [3.8, 4) is 0 Å². The highest BCUT2D eigenvalue weighted by molar-refractivity contribution is 5.93. The van der Waals surface area contributed by atoms with E-state index in [1.165, 1.54) is 12.0 Å². The fourth-order valence-electron chi connectivity index (χ4n) is 2.87. The number of carbonyl (C=O) groups excluding carboxylic acids is 1. The summed E-state index contributed by atoms with van der Waals surface area (Å²) >= 11 is 0. The van der Waals surface area contributed by atoms with Gasteiger partial charge in [0.25, 0.3) is 0 Å². The summed E-state index contributed by atoms with van der Waals surface area (Å²) in [6.07, 6.45) is 2.38. The molecular formula is C16H25N3O. The summed E-state index contributed by atoms with van der Waals surface area (Å²) in [5, 5.41) is 3.43. The topological polar surface area (TPSA) is 58.4 Å². The zero-order valence-corrected chi connectivity index (χ0v) is 12.5. The Kier molecular flexibility index (Phi) is 5.15. The van der Waals surface area contributed by atoms with Gasteiger partial charge in [-0.3, -0.25) is 9.69 Å². The van der Waals surface area contributed by atoms with Crippen LogP contribution in [0.25, 0.3) is 0 Å². The minimum absolute atomic E-state index is 0.356. The van der Waals surface area contributed by atoms with E-state index in [4.69, 9.17) is 5.73 Å². The molecule has 0 aromatic heterocycles. The van der Waals surface area contributed by atoms with E-state index in [0.717, 1.165) is 38.2 Å². The zero-order valence-electron chi connectivity index (χ0n) is 12.5. The molecule has 0 radical (unpaired) electrons. The van der Waals surface area contributed by atoms with Gasteiger partial charge in [0.15, 0.2) is 0 Å². The van der Waals surface area contributed by atoms with Crippen LogP contribution in [0.3, 0.4) is 0 Å². The minimum atomic E-state index is -0.356. The lowest BCUT2D eigenvalue weighted by Crippen LogP contribution is -2.37. The third kappa shape index (κ3) is 3.58. The summed E-state index contributed by atoms with van der Waals surface area (Å²) in [4.78, 5) is 13.7. The number of nitrogens with two attached hydrogens (primary N) is 1. The molecule has 4 heteroatoms. The molecule has 0 saturated carbocycles. The van der Waals surface area contributed by atoms with Crippen molar-refractivity contribution in [1.82, 2.24) is 10.2 Å². The smallest absolute Gasteiger partial charge is 0.248 e. The second kappa shape index (κ2) is 6.86. The Morgan fingerprint density at radius 2 is 2.30 bits per heavy atom. The van der Waals surface area contributed by atoms with Crippen molar-refractivity contribution >= 4 is 5.91 Å². The molecular weight excluding hydrogens is 250 g/mol. The van der Waals surface area contributed by atoms with Crippen molar-refractivity contribution in [3.05, 3.63) is 34.9 Å². The van der Waals surface area contributed by atoms with E-state index in [1.54, 1.807) is 0 Å². The first kappa shape index (κ1) is 15.0. The van der Waals surface area contributed by atoms with Crippen LogP contribution in [0.5, 0.6) is 0 Å². The molecule has 2 rings (SSSR count). The molecule has 20 heavy (non-hydrogen) atoms. The molecule has 1 amide bonds. The van der Waals surface area contributed by atoms with E-state index >= 15 is 0 Å². The molecule has 1 aliphatic rings.